The van der Waals surface area contributed by atoms with E-state index in [0.29, 0.717) is 0 Å². The lowest BCUT2D eigenvalue weighted by molar-refractivity contribution is -0.0816. The Labute approximate surface area is 166 Å². The van der Waals surface area contributed by atoms with Gasteiger partial charge in [0.05, 0.1) is 24.6 Å². The summed E-state index contributed by atoms with van der Waals surface area (Å²) in [6.07, 6.45) is 7.50. The topological polar surface area (TPSA) is 63.9 Å². The summed E-state index contributed by atoms with van der Waals surface area (Å²) in [6, 6.07) is 10.2. The second kappa shape index (κ2) is 9.21. The van der Waals surface area contributed by atoms with Crippen molar-refractivity contribution in [3.05, 3.63) is 48.3 Å². The van der Waals surface area contributed by atoms with E-state index in [9.17, 15) is 0 Å². The average Bonchev–Trinajstić information content (AvgIpc) is 3.44. The van der Waals surface area contributed by atoms with Crippen molar-refractivity contribution in [1.82, 2.24) is 20.0 Å². The molecule has 7 nitrogen and oxygen atoms in total. The van der Waals surface area contributed by atoms with Crippen molar-refractivity contribution in [2.75, 3.05) is 39.9 Å². The lowest BCUT2D eigenvalue weighted by Crippen LogP contribution is -2.53. The fourth-order valence-electron chi connectivity index (χ4n) is 3.85. The van der Waals surface area contributed by atoms with Crippen LogP contribution in [0.4, 0.5) is 0 Å². The highest BCUT2D eigenvalue weighted by molar-refractivity contribution is 5.80. The van der Waals surface area contributed by atoms with Crippen LogP contribution in [0, 0.1) is 0 Å². The number of hydrogen-bond acceptors (Lipinski definition) is 4. The number of guanidine groups is 1. The van der Waals surface area contributed by atoms with Crippen LogP contribution in [0.2, 0.25) is 0 Å². The van der Waals surface area contributed by atoms with Gasteiger partial charge in [0.15, 0.2) is 5.96 Å². The molecule has 4 rings (SSSR count). The van der Waals surface area contributed by atoms with Gasteiger partial charge in [-0.25, -0.2) is 4.68 Å². The fraction of sp³-hybridized carbons (Fsp3) is 0.524. The van der Waals surface area contributed by atoms with Crippen molar-refractivity contribution in [2.24, 2.45) is 4.99 Å². The molecule has 28 heavy (non-hydrogen) atoms. The molecule has 2 saturated heterocycles. The van der Waals surface area contributed by atoms with E-state index in [1.165, 1.54) is 5.56 Å². The molecule has 0 saturated carbocycles. The predicted octanol–water partition coefficient (Wildman–Crippen LogP) is 1.87. The minimum absolute atomic E-state index is 0.138. The summed E-state index contributed by atoms with van der Waals surface area (Å²) < 4.78 is 13.7. The van der Waals surface area contributed by atoms with Crippen molar-refractivity contribution in [3.8, 4) is 5.69 Å². The molecule has 0 radical (unpaired) electrons. The standard InChI is InChI=1S/C21H29N5O2/c1-22-21(25-11-13-28-20(16-25)19-8-5-12-27-19)23-10-9-17-14-24-26(15-17)18-6-3-2-4-7-18/h2-4,6-7,14-15,19-20H,5,8-13,16H2,1H3,(H,22,23). The van der Waals surface area contributed by atoms with Crippen LogP contribution in [0.1, 0.15) is 18.4 Å². The SMILES string of the molecule is CN=C(NCCc1cnn(-c2ccccc2)c1)N1CCOC(C2CCCO2)C1. The van der Waals surface area contributed by atoms with Crippen LogP contribution in [0.15, 0.2) is 47.7 Å². The first kappa shape index (κ1) is 19.0. The number of para-hydroxylation sites is 1. The first-order valence-electron chi connectivity index (χ1n) is 10.1. The second-order valence-corrected chi connectivity index (χ2v) is 7.26. The molecule has 2 atom stereocenters. The number of nitrogens with one attached hydrogen (secondary N) is 1. The lowest BCUT2D eigenvalue weighted by Gasteiger charge is -2.37. The third kappa shape index (κ3) is 4.54. The zero-order chi connectivity index (χ0) is 19.2. The van der Waals surface area contributed by atoms with Gasteiger partial charge in [-0.3, -0.25) is 4.99 Å². The Hall–Kier alpha value is -2.38. The number of aromatic nitrogens is 2. The molecule has 1 aromatic carbocycles. The first-order chi connectivity index (χ1) is 13.8. The summed E-state index contributed by atoms with van der Waals surface area (Å²) in [5, 5.41) is 7.96. The van der Waals surface area contributed by atoms with Crippen molar-refractivity contribution in [1.29, 1.82) is 0 Å². The first-order valence-corrected chi connectivity index (χ1v) is 10.1. The number of hydrogen-bond donors (Lipinski definition) is 1. The minimum atomic E-state index is 0.138. The van der Waals surface area contributed by atoms with E-state index < -0.39 is 0 Å². The van der Waals surface area contributed by atoms with E-state index in [2.05, 4.69) is 38.6 Å². The van der Waals surface area contributed by atoms with Gasteiger partial charge in [-0.05, 0) is 37.0 Å². The molecule has 2 aliphatic heterocycles. The molecule has 3 heterocycles. The summed E-state index contributed by atoms with van der Waals surface area (Å²) >= 11 is 0. The number of rotatable bonds is 5. The van der Waals surface area contributed by atoms with Crippen molar-refractivity contribution < 1.29 is 9.47 Å². The van der Waals surface area contributed by atoms with Gasteiger partial charge in [0, 0.05) is 39.5 Å². The highest BCUT2D eigenvalue weighted by Crippen LogP contribution is 2.21. The van der Waals surface area contributed by atoms with Gasteiger partial charge < -0.3 is 19.7 Å². The smallest absolute Gasteiger partial charge is 0.193 e. The maximum absolute atomic E-state index is 5.94. The van der Waals surface area contributed by atoms with Crippen LogP contribution < -0.4 is 5.32 Å². The molecule has 0 aliphatic carbocycles. The average molecular weight is 383 g/mol. The fourth-order valence-corrected chi connectivity index (χ4v) is 3.85. The van der Waals surface area contributed by atoms with Gasteiger partial charge >= 0.3 is 0 Å². The molecule has 0 spiro atoms. The maximum atomic E-state index is 5.94. The van der Waals surface area contributed by atoms with Gasteiger partial charge in [-0.2, -0.15) is 5.10 Å². The normalized spacial score (nSPS) is 23.2. The van der Waals surface area contributed by atoms with Crippen LogP contribution in [0.3, 0.4) is 0 Å². The molecule has 7 heteroatoms. The lowest BCUT2D eigenvalue weighted by atomic mass is 10.1. The van der Waals surface area contributed by atoms with Gasteiger partial charge in [-0.15, -0.1) is 0 Å². The summed E-state index contributed by atoms with van der Waals surface area (Å²) in [6.45, 7) is 4.07. The Morgan fingerprint density at radius 2 is 2.07 bits per heavy atom. The maximum Gasteiger partial charge on any atom is 0.193 e. The summed E-state index contributed by atoms with van der Waals surface area (Å²) in [4.78, 5) is 6.75. The van der Waals surface area contributed by atoms with Crippen molar-refractivity contribution in [2.45, 2.75) is 31.5 Å². The van der Waals surface area contributed by atoms with Gasteiger partial charge in [-0.1, -0.05) is 18.2 Å². The van der Waals surface area contributed by atoms with Crippen molar-refractivity contribution in [3.63, 3.8) is 0 Å². The van der Waals surface area contributed by atoms with Gasteiger partial charge in [0.2, 0.25) is 0 Å². The molecule has 2 unspecified atom stereocenters. The van der Waals surface area contributed by atoms with Crippen LogP contribution in [0.5, 0.6) is 0 Å². The van der Waals surface area contributed by atoms with E-state index >= 15 is 0 Å². The monoisotopic (exact) mass is 383 g/mol. The molecule has 1 aromatic heterocycles. The third-order valence-corrected chi connectivity index (χ3v) is 5.34. The highest BCUT2D eigenvalue weighted by Gasteiger charge is 2.32. The molecular weight excluding hydrogens is 354 g/mol. The number of ether oxygens (including phenoxy) is 2. The largest absolute Gasteiger partial charge is 0.375 e. The van der Waals surface area contributed by atoms with Crippen LogP contribution >= 0.6 is 0 Å². The summed E-state index contributed by atoms with van der Waals surface area (Å²) in [7, 11) is 1.84. The Morgan fingerprint density at radius 3 is 2.86 bits per heavy atom. The number of aliphatic imine (C=N–C) groups is 1. The molecule has 2 aromatic rings. The molecule has 0 amide bonds. The van der Waals surface area contributed by atoms with E-state index in [4.69, 9.17) is 9.47 Å². The van der Waals surface area contributed by atoms with E-state index in [0.717, 1.165) is 63.8 Å². The van der Waals surface area contributed by atoms with Crippen LogP contribution in [-0.2, 0) is 15.9 Å². The Morgan fingerprint density at radius 1 is 1.21 bits per heavy atom. The quantitative estimate of drug-likeness (QED) is 0.631. The zero-order valence-electron chi connectivity index (χ0n) is 16.5. The molecule has 2 fully saturated rings. The highest BCUT2D eigenvalue weighted by atomic mass is 16.5. The van der Waals surface area contributed by atoms with Crippen LogP contribution in [0.25, 0.3) is 5.69 Å². The molecule has 0 bridgehead atoms. The van der Waals surface area contributed by atoms with Gasteiger partial charge in [0.1, 0.15) is 6.10 Å². The van der Waals surface area contributed by atoms with Crippen molar-refractivity contribution >= 4 is 5.96 Å². The zero-order valence-corrected chi connectivity index (χ0v) is 16.5. The Bertz CT molecular complexity index is 770. The number of morpholine rings is 1. The minimum Gasteiger partial charge on any atom is -0.375 e. The number of nitrogens with zero attached hydrogens (tertiary/aromatic N) is 4. The van der Waals surface area contributed by atoms with E-state index in [-0.39, 0.29) is 12.2 Å². The van der Waals surface area contributed by atoms with E-state index in [1.54, 1.807) is 0 Å². The van der Waals surface area contributed by atoms with E-state index in [1.807, 2.05) is 36.1 Å². The summed E-state index contributed by atoms with van der Waals surface area (Å²) in [5.41, 5.74) is 2.28. The second-order valence-electron chi connectivity index (χ2n) is 7.26. The third-order valence-electron chi connectivity index (χ3n) is 5.34. The molecular formula is C21H29N5O2. The Balaban J connectivity index is 1.28. The van der Waals surface area contributed by atoms with Crippen LogP contribution in [-0.4, -0.2) is 72.7 Å². The Kier molecular flexibility index (Phi) is 6.24. The molecule has 1 N–H and O–H groups in total. The predicted molar refractivity (Wildman–Crippen MR) is 109 cm³/mol. The summed E-state index contributed by atoms with van der Waals surface area (Å²) in [5.74, 6) is 0.932. The molecule has 2 aliphatic rings. The number of benzene rings is 1. The van der Waals surface area contributed by atoms with Gasteiger partial charge in [0.25, 0.3) is 0 Å². The molecule has 150 valence electrons.